The SMILES string of the molecule is CC(c1cccc(Cl)c1)N(Cl)c1cc(N2CCNCC2)ccc1[N+](=O)[O-]. The van der Waals surface area contributed by atoms with Crippen molar-refractivity contribution in [3.05, 3.63) is 63.2 Å². The number of piperazine rings is 1. The molecule has 0 spiro atoms. The quantitative estimate of drug-likeness (QED) is 0.463. The summed E-state index contributed by atoms with van der Waals surface area (Å²) in [6.07, 6.45) is 0. The van der Waals surface area contributed by atoms with Gasteiger partial charge in [0, 0.05) is 54.7 Å². The molecule has 1 heterocycles. The Hall–Kier alpha value is -2.02. The largest absolute Gasteiger partial charge is 0.369 e. The number of benzene rings is 2. The number of halogens is 2. The molecule has 6 nitrogen and oxygen atoms in total. The zero-order valence-electron chi connectivity index (χ0n) is 14.4. The van der Waals surface area contributed by atoms with E-state index in [0.717, 1.165) is 37.4 Å². The zero-order chi connectivity index (χ0) is 18.7. The number of anilines is 2. The second kappa shape index (κ2) is 8.12. The Morgan fingerprint density at radius 3 is 2.62 bits per heavy atom. The number of rotatable bonds is 5. The predicted molar refractivity (Wildman–Crippen MR) is 106 cm³/mol. The molecule has 0 aliphatic carbocycles. The fourth-order valence-corrected chi connectivity index (χ4v) is 3.51. The number of hydrogen-bond acceptors (Lipinski definition) is 5. The molecule has 0 aromatic heterocycles. The Bertz CT molecular complexity index is 797. The van der Waals surface area contributed by atoms with Gasteiger partial charge >= 0.3 is 0 Å². The van der Waals surface area contributed by atoms with Gasteiger partial charge in [0.25, 0.3) is 5.69 Å². The second-order valence-electron chi connectivity index (χ2n) is 6.21. The Kier molecular flexibility index (Phi) is 5.86. The highest BCUT2D eigenvalue weighted by Crippen LogP contribution is 2.38. The standard InChI is InChI=1S/C18H20Cl2N4O2/c1-13(14-3-2-4-15(19)11-14)23(20)18-12-16(5-6-17(18)24(25)26)22-9-7-21-8-10-22/h2-6,11-13,21H,7-10H2,1H3. The van der Waals surface area contributed by atoms with Crippen molar-refractivity contribution in [3.8, 4) is 0 Å². The summed E-state index contributed by atoms with van der Waals surface area (Å²) in [4.78, 5) is 13.3. The molecule has 0 bridgehead atoms. The van der Waals surface area contributed by atoms with Gasteiger partial charge < -0.3 is 10.2 Å². The fraction of sp³-hybridized carbons (Fsp3) is 0.333. The monoisotopic (exact) mass is 394 g/mol. The van der Waals surface area contributed by atoms with Crippen LogP contribution in [0.5, 0.6) is 0 Å². The third kappa shape index (κ3) is 4.03. The van der Waals surface area contributed by atoms with Gasteiger partial charge in [0.05, 0.1) is 11.0 Å². The summed E-state index contributed by atoms with van der Waals surface area (Å²) in [6.45, 7) is 5.36. The van der Waals surface area contributed by atoms with E-state index in [1.807, 2.05) is 25.1 Å². The van der Waals surface area contributed by atoms with Crippen molar-refractivity contribution in [2.24, 2.45) is 0 Å². The summed E-state index contributed by atoms with van der Waals surface area (Å²) in [5.41, 5.74) is 2.17. The highest BCUT2D eigenvalue weighted by Gasteiger charge is 2.25. The molecule has 138 valence electrons. The number of nitro groups is 1. The van der Waals surface area contributed by atoms with Crippen molar-refractivity contribution in [3.63, 3.8) is 0 Å². The Balaban J connectivity index is 1.96. The summed E-state index contributed by atoms with van der Waals surface area (Å²) in [7, 11) is 0. The second-order valence-corrected chi connectivity index (χ2v) is 7.01. The van der Waals surface area contributed by atoms with E-state index >= 15 is 0 Å². The Morgan fingerprint density at radius 2 is 1.96 bits per heavy atom. The smallest absolute Gasteiger partial charge is 0.293 e. The molecule has 0 saturated carbocycles. The maximum Gasteiger partial charge on any atom is 0.293 e. The van der Waals surface area contributed by atoms with Crippen LogP contribution >= 0.6 is 23.4 Å². The molecule has 1 unspecified atom stereocenters. The molecular weight excluding hydrogens is 375 g/mol. The highest BCUT2D eigenvalue weighted by molar-refractivity contribution is 6.30. The molecule has 1 N–H and O–H groups in total. The third-order valence-electron chi connectivity index (χ3n) is 4.54. The van der Waals surface area contributed by atoms with E-state index in [0.29, 0.717) is 10.7 Å². The molecule has 1 aliphatic rings. The van der Waals surface area contributed by atoms with E-state index in [1.165, 1.54) is 10.5 Å². The summed E-state index contributed by atoms with van der Waals surface area (Å²) in [6, 6.07) is 12.1. The first-order valence-corrected chi connectivity index (χ1v) is 9.13. The van der Waals surface area contributed by atoms with E-state index < -0.39 is 4.92 Å². The van der Waals surface area contributed by atoms with Crippen LogP contribution < -0.4 is 14.6 Å². The third-order valence-corrected chi connectivity index (χ3v) is 5.25. The minimum absolute atomic E-state index is 0.0206. The molecule has 1 saturated heterocycles. The zero-order valence-corrected chi connectivity index (χ0v) is 15.9. The lowest BCUT2D eigenvalue weighted by molar-refractivity contribution is -0.384. The topological polar surface area (TPSA) is 61.6 Å². The molecule has 0 amide bonds. The fourth-order valence-electron chi connectivity index (χ4n) is 3.06. The number of nitrogens with one attached hydrogen (secondary N) is 1. The molecule has 1 fully saturated rings. The summed E-state index contributed by atoms with van der Waals surface area (Å²) < 4.78 is 1.41. The van der Waals surface area contributed by atoms with E-state index in [9.17, 15) is 10.1 Å². The number of nitrogens with zero attached hydrogens (tertiary/aromatic N) is 3. The average molecular weight is 395 g/mol. The van der Waals surface area contributed by atoms with Crippen molar-refractivity contribution in [1.82, 2.24) is 5.32 Å². The van der Waals surface area contributed by atoms with Crippen molar-refractivity contribution < 1.29 is 4.92 Å². The van der Waals surface area contributed by atoms with Gasteiger partial charge in [-0.25, -0.2) is 0 Å². The molecule has 1 atom stereocenters. The molecule has 1 aliphatic heterocycles. The molecule has 2 aromatic carbocycles. The number of hydrogen-bond donors (Lipinski definition) is 1. The van der Waals surface area contributed by atoms with Gasteiger partial charge in [-0.15, -0.1) is 0 Å². The van der Waals surface area contributed by atoms with E-state index in [1.54, 1.807) is 18.2 Å². The lowest BCUT2D eigenvalue weighted by atomic mass is 10.1. The van der Waals surface area contributed by atoms with E-state index in [-0.39, 0.29) is 11.7 Å². The molecule has 3 rings (SSSR count). The van der Waals surface area contributed by atoms with Gasteiger partial charge in [-0.3, -0.25) is 14.5 Å². The van der Waals surface area contributed by atoms with Gasteiger partial charge in [-0.2, -0.15) is 0 Å². The lowest BCUT2D eigenvalue weighted by Crippen LogP contribution is -2.43. The molecule has 2 aromatic rings. The van der Waals surface area contributed by atoms with Crippen LogP contribution in [0.1, 0.15) is 18.5 Å². The van der Waals surface area contributed by atoms with Crippen molar-refractivity contribution >= 4 is 40.4 Å². The van der Waals surface area contributed by atoms with Crippen LogP contribution in [-0.4, -0.2) is 31.1 Å². The van der Waals surface area contributed by atoms with Gasteiger partial charge in [-0.05, 0) is 36.8 Å². The summed E-state index contributed by atoms with van der Waals surface area (Å²) >= 11 is 12.6. The van der Waals surface area contributed by atoms with Crippen molar-refractivity contribution in [2.45, 2.75) is 13.0 Å². The average Bonchev–Trinajstić information content (AvgIpc) is 2.67. The minimum atomic E-state index is -0.406. The Labute approximate surface area is 162 Å². The Morgan fingerprint density at radius 1 is 1.23 bits per heavy atom. The van der Waals surface area contributed by atoms with Crippen LogP contribution in [0.3, 0.4) is 0 Å². The maximum atomic E-state index is 11.5. The van der Waals surface area contributed by atoms with Crippen LogP contribution in [0.2, 0.25) is 5.02 Å². The molecular formula is C18H20Cl2N4O2. The molecule has 0 radical (unpaired) electrons. The highest BCUT2D eigenvalue weighted by atomic mass is 35.5. The molecule has 26 heavy (non-hydrogen) atoms. The summed E-state index contributed by atoms with van der Waals surface area (Å²) in [5, 5.41) is 15.4. The van der Waals surface area contributed by atoms with Crippen molar-refractivity contribution in [1.29, 1.82) is 0 Å². The first-order valence-electron chi connectivity index (χ1n) is 8.42. The predicted octanol–water partition coefficient (Wildman–Crippen LogP) is 4.38. The van der Waals surface area contributed by atoms with Crippen molar-refractivity contribution in [2.75, 3.05) is 35.5 Å². The first kappa shape index (κ1) is 18.8. The van der Waals surface area contributed by atoms with Crippen LogP contribution in [0.15, 0.2) is 42.5 Å². The minimum Gasteiger partial charge on any atom is -0.369 e. The van der Waals surface area contributed by atoms with Gasteiger partial charge in [-0.1, -0.05) is 23.7 Å². The van der Waals surface area contributed by atoms with Gasteiger partial charge in [0.15, 0.2) is 0 Å². The maximum absolute atomic E-state index is 11.5. The first-order chi connectivity index (χ1) is 12.5. The van der Waals surface area contributed by atoms with Crippen LogP contribution in [0.4, 0.5) is 17.1 Å². The normalized spacial score (nSPS) is 15.6. The van der Waals surface area contributed by atoms with Gasteiger partial charge in [0.2, 0.25) is 0 Å². The van der Waals surface area contributed by atoms with E-state index in [2.05, 4.69) is 10.2 Å². The lowest BCUT2D eigenvalue weighted by Gasteiger charge is -2.31. The van der Waals surface area contributed by atoms with Crippen LogP contribution in [0.25, 0.3) is 0 Å². The van der Waals surface area contributed by atoms with E-state index in [4.69, 9.17) is 23.4 Å². The van der Waals surface area contributed by atoms with Crippen LogP contribution in [-0.2, 0) is 0 Å². The van der Waals surface area contributed by atoms with Gasteiger partial charge in [0.1, 0.15) is 5.69 Å². The molecule has 8 heteroatoms. The number of nitro benzene ring substituents is 1. The van der Waals surface area contributed by atoms with Crippen LogP contribution in [0, 0.1) is 10.1 Å². The summed E-state index contributed by atoms with van der Waals surface area (Å²) in [5.74, 6) is 0.